The van der Waals surface area contributed by atoms with Crippen molar-refractivity contribution in [1.82, 2.24) is 9.97 Å². The minimum atomic E-state index is -0.00124. The normalized spacial score (nSPS) is 9.89. The molecule has 0 saturated heterocycles. The van der Waals surface area contributed by atoms with Gasteiger partial charge in [-0.2, -0.15) is 5.26 Å². The van der Waals surface area contributed by atoms with Crippen molar-refractivity contribution in [3.05, 3.63) is 53.3 Å². The Hall–Kier alpha value is -2.19. The summed E-state index contributed by atoms with van der Waals surface area (Å²) >= 11 is 1.31. The molecule has 1 aromatic heterocycles. The molecule has 19 heavy (non-hydrogen) atoms. The molecule has 4 nitrogen and oxygen atoms in total. The zero-order valence-electron chi connectivity index (χ0n) is 10.3. The van der Waals surface area contributed by atoms with E-state index in [1.54, 1.807) is 36.7 Å². The number of Topliss-reactive ketones (excluding diaryl/α,β-unsaturated/α-hetero) is 1. The van der Waals surface area contributed by atoms with Gasteiger partial charge >= 0.3 is 0 Å². The van der Waals surface area contributed by atoms with E-state index >= 15 is 0 Å². The van der Waals surface area contributed by atoms with Crippen molar-refractivity contribution in [1.29, 1.82) is 5.26 Å². The van der Waals surface area contributed by atoms with Gasteiger partial charge in [0.05, 0.1) is 17.4 Å². The number of nitriles is 1. The molecular formula is C14H11N3OS. The van der Waals surface area contributed by atoms with Crippen LogP contribution >= 0.6 is 11.8 Å². The number of benzene rings is 1. The standard InChI is InChI=1S/C14H11N3OS/c1-10-7-16-14(17-8-10)19-9-13(18)12-4-2-11(6-15)3-5-12/h2-5,7-8H,9H2,1H3. The summed E-state index contributed by atoms with van der Waals surface area (Å²) in [6.45, 7) is 1.91. The number of carbonyl (C=O) groups is 1. The first kappa shape index (κ1) is 13.2. The van der Waals surface area contributed by atoms with Crippen LogP contribution in [0.15, 0.2) is 41.8 Å². The van der Waals surface area contributed by atoms with Crippen LogP contribution in [0.4, 0.5) is 0 Å². The van der Waals surface area contributed by atoms with E-state index in [2.05, 4.69) is 9.97 Å². The average molecular weight is 269 g/mol. The van der Waals surface area contributed by atoms with Crippen LogP contribution < -0.4 is 0 Å². The van der Waals surface area contributed by atoms with Gasteiger partial charge in [0, 0.05) is 18.0 Å². The second-order valence-electron chi connectivity index (χ2n) is 3.94. The van der Waals surface area contributed by atoms with Crippen molar-refractivity contribution < 1.29 is 4.79 Å². The van der Waals surface area contributed by atoms with Crippen molar-refractivity contribution in [2.75, 3.05) is 5.75 Å². The number of rotatable bonds is 4. The molecule has 0 bridgehead atoms. The van der Waals surface area contributed by atoms with Gasteiger partial charge in [-0.3, -0.25) is 4.79 Å². The van der Waals surface area contributed by atoms with E-state index in [0.29, 0.717) is 16.3 Å². The zero-order valence-corrected chi connectivity index (χ0v) is 11.1. The lowest BCUT2D eigenvalue weighted by Crippen LogP contribution is -2.03. The Balaban J connectivity index is 1.97. The molecule has 0 spiro atoms. The molecule has 1 aromatic carbocycles. The lowest BCUT2D eigenvalue weighted by atomic mass is 10.1. The molecule has 1 heterocycles. The maximum absolute atomic E-state index is 11.9. The van der Waals surface area contributed by atoms with Crippen LogP contribution in [0.5, 0.6) is 0 Å². The van der Waals surface area contributed by atoms with E-state index in [1.165, 1.54) is 11.8 Å². The van der Waals surface area contributed by atoms with Gasteiger partial charge in [0.25, 0.3) is 0 Å². The van der Waals surface area contributed by atoms with E-state index in [0.717, 1.165) is 5.56 Å². The highest BCUT2D eigenvalue weighted by Crippen LogP contribution is 2.15. The maximum atomic E-state index is 11.9. The number of nitrogens with zero attached hydrogens (tertiary/aromatic N) is 3. The van der Waals surface area contributed by atoms with Gasteiger partial charge in [0.2, 0.25) is 0 Å². The van der Waals surface area contributed by atoms with Crippen LogP contribution in [0.25, 0.3) is 0 Å². The topological polar surface area (TPSA) is 66.6 Å². The van der Waals surface area contributed by atoms with Gasteiger partial charge in [-0.25, -0.2) is 9.97 Å². The average Bonchev–Trinajstić information content (AvgIpc) is 2.46. The zero-order chi connectivity index (χ0) is 13.7. The van der Waals surface area contributed by atoms with Crippen LogP contribution in [0, 0.1) is 18.3 Å². The minimum Gasteiger partial charge on any atom is -0.293 e. The summed E-state index contributed by atoms with van der Waals surface area (Å²) in [4.78, 5) is 20.2. The number of aromatic nitrogens is 2. The van der Waals surface area contributed by atoms with E-state index in [1.807, 2.05) is 13.0 Å². The lowest BCUT2D eigenvalue weighted by molar-refractivity contribution is 0.102. The number of hydrogen-bond acceptors (Lipinski definition) is 5. The van der Waals surface area contributed by atoms with E-state index in [-0.39, 0.29) is 11.5 Å². The number of aryl methyl sites for hydroxylation is 1. The fourth-order valence-electron chi connectivity index (χ4n) is 1.40. The molecule has 2 rings (SSSR count). The number of carbonyl (C=O) groups excluding carboxylic acids is 1. The third kappa shape index (κ3) is 3.63. The van der Waals surface area contributed by atoms with E-state index < -0.39 is 0 Å². The molecule has 0 radical (unpaired) electrons. The largest absolute Gasteiger partial charge is 0.293 e. The Kier molecular flexibility index (Phi) is 4.26. The number of ketones is 1. The van der Waals surface area contributed by atoms with E-state index in [4.69, 9.17) is 5.26 Å². The molecule has 0 aliphatic heterocycles. The highest BCUT2D eigenvalue weighted by Gasteiger charge is 2.07. The van der Waals surface area contributed by atoms with Crippen LogP contribution in [0.2, 0.25) is 0 Å². The minimum absolute atomic E-state index is 0.00124. The van der Waals surface area contributed by atoms with Crippen molar-refractivity contribution in [2.24, 2.45) is 0 Å². The van der Waals surface area contributed by atoms with Crippen molar-refractivity contribution in [3.63, 3.8) is 0 Å². The van der Waals surface area contributed by atoms with E-state index in [9.17, 15) is 4.79 Å². The van der Waals surface area contributed by atoms with Crippen LogP contribution in [0.3, 0.4) is 0 Å². The third-order valence-corrected chi connectivity index (χ3v) is 3.30. The molecular weight excluding hydrogens is 258 g/mol. The summed E-state index contributed by atoms with van der Waals surface area (Å²) < 4.78 is 0. The van der Waals surface area contributed by atoms with Gasteiger partial charge in [-0.15, -0.1) is 0 Å². The molecule has 0 amide bonds. The Labute approximate surface area is 115 Å². The molecule has 0 saturated carbocycles. The number of hydrogen-bond donors (Lipinski definition) is 0. The summed E-state index contributed by atoms with van der Waals surface area (Å²) in [7, 11) is 0. The first-order chi connectivity index (χ1) is 9.19. The first-order valence-electron chi connectivity index (χ1n) is 5.64. The first-order valence-corrected chi connectivity index (χ1v) is 6.62. The summed E-state index contributed by atoms with van der Waals surface area (Å²) in [5.74, 6) is 0.285. The fraction of sp³-hybridized carbons (Fsp3) is 0.143. The molecule has 0 atom stereocenters. The molecule has 94 valence electrons. The molecule has 5 heteroatoms. The smallest absolute Gasteiger partial charge is 0.187 e. The van der Waals surface area contributed by atoms with Gasteiger partial charge in [-0.1, -0.05) is 23.9 Å². The maximum Gasteiger partial charge on any atom is 0.187 e. The Morgan fingerprint density at radius 1 is 1.26 bits per heavy atom. The summed E-state index contributed by atoms with van der Waals surface area (Å²) in [6.07, 6.45) is 3.45. The second kappa shape index (κ2) is 6.12. The Morgan fingerprint density at radius 3 is 2.47 bits per heavy atom. The van der Waals surface area contributed by atoms with Gasteiger partial charge in [-0.05, 0) is 24.6 Å². The third-order valence-electron chi connectivity index (χ3n) is 2.43. The molecule has 2 aromatic rings. The highest BCUT2D eigenvalue weighted by atomic mass is 32.2. The predicted molar refractivity (Wildman–Crippen MR) is 73.0 cm³/mol. The summed E-state index contributed by atoms with van der Waals surface area (Å²) in [5, 5.41) is 9.28. The molecule has 0 fully saturated rings. The SMILES string of the molecule is Cc1cnc(SCC(=O)c2ccc(C#N)cc2)nc1. The van der Waals surface area contributed by atoms with Gasteiger partial charge < -0.3 is 0 Å². The second-order valence-corrected chi connectivity index (χ2v) is 4.89. The molecule has 0 aliphatic carbocycles. The van der Waals surface area contributed by atoms with Crippen LogP contribution in [-0.2, 0) is 0 Å². The summed E-state index contributed by atoms with van der Waals surface area (Å²) in [6, 6.07) is 8.63. The predicted octanol–water partition coefficient (Wildman–Crippen LogP) is 2.63. The number of thioether (sulfide) groups is 1. The van der Waals surface area contributed by atoms with Gasteiger partial charge in [0.15, 0.2) is 10.9 Å². The van der Waals surface area contributed by atoms with Crippen LogP contribution in [-0.4, -0.2) is 21.5 Å². The molecule has 0 aliphatic rings. The summed E-state index contributed by atoms with van der Waals surface area (Å²) in [5.41, 5.74) is 2.13. The van der Waals surface area contributed by atoms with Gasteiger partial charge in [0.1, 0.15) is 0 Å². The molecule has 0 unspecified atom stereocenters. The fourth-order valence-corrected chi connectivity index (χ4v) is 2.08. The highest BCUT2D eigenvalue weighted by molar-refractivity contribution is 7.99. The van der Waals surface area contributed by atoms with Crippen LogP contribution in [0.1, 0.15) is 21.5 Å². The van der Waals surface area contributed by atoms with Crippen molar-refractivity contribution in [2.45, 2.75) is 12.1 Å². The molecule has 0 N–H and O–H groups in total. The Morgan fingerprint density at radius 2 is 1.89 bits per heavy atom. The van der Waals surface area contributed by atoms with Crippen molar-refractivity contribution >= 4 is 17.5 Å². The monoisotopic (exact) mass is 269 g/mol. The lowest BCUT2D eigenvalue weighted by Gasteiger charge is -2.01. The Bertz CT molecular complexity index is 615. The quantitative estimate of drug-likeness (QED) is 0.485. The van der Waals surface area contributed by atoms with Crippen molar-refractivity contribution in [3.8, 4) is 6.07 Å².